The fraction of sp³-hybridized carbons (Fsp3) is 0.571. The number of benzene rings is 1. The van der Waals surface area contributed by atoms with E-state index in [1.165, 1.54) is 0 Å². The molecule has 4 nitrogen and oxygen atoms in total. The fourth-order valence-corrected chi connectivity index (χ4v) is 4.77. The molecule has 1 saturated carbocycles. The van der Waals surface area contributed by atoms with E-state index in [4.69, 9.17) is 5.73 Å². The van der Waals surface area contributed by atoms with Gasteiger partial charge in [0.2, 0.25) is 10.0 Å². The van der Waals surface area contributed by atoms with Crippen LogP contribution >= 0.6 is 15.9 Å². The molecule has 3 N–H and O–H groups in total. The first-order chi connectivity index (χ1) is 9.76. The van der Waals surface area contributed by atoms with Gasteiger partial charge in [0.05, 0.1) is 0 Å². The number of anilines is 1. The lowest BCUT2D eigenvalue weighted by molar-refractivity contribution is 0.368. The normalized spacial score (nSPS) is 26.2. The number of nitrogens with two attached hydrogens (primary N) is 1. The Bertz CT molecular complexity index is 636. The second kappa shape index (κ2) is 6.22. The van der Waals surface area contributed by atoms with Crippen LogP contribution in [-0.2, 0) is 10.0 Å². The van der Waals surface area contributed by atoms with Crippen molar-refractivity contribution in [2.75, 3.05) is 5.73 Å². The molecule has 21 heavy (non-hydrogen) atoms. The summed E-state index contributed by atoms with van der Waals surface area (Å²) in [4.78, 5) is -0.393. The SMILES string of the molecule is CCC1CCC(NS(=O)(=O)c2cc(N)c(Br)cc2F)C1C. The van der Waals surface area contributed by atoms with Crippen molar-refractivity contribution < 1.29 is 12.8 Å². The molecule has 0 amide bonds. The third-order valence-electron chi connectivity index (χ3n) is 4.40. The second-order valence-electron chi connectivity index (χ2n) is 5.64. The van der Waals surface area contributed by atoms with Gasteiger partial charge in [-0.3, -0.25) is 0 Å². The van der Waals surface area contributed by atoms with Gasteiger partial charge >= 0.3 is 0 Å². The van der Waals surface area contributed by atoms with Gasteiger partial charge in [0, 0.05) is 16.2 Å². The summed E-state index contributed by atoms with van der Waals surface area (Å²) in [6.07, 6.45) is 2.81. The predicted octanol–water partition coefficient (Wildman–Crippen LogP) is 3.27. The fourth-order valence-electron chi connectivity index (χ4n) is 3.00. The minimum Gasteiger partial charge on any atom is -0.398 e. The maximum Gasteiger partial charge on any atom is 0.243 e. The Balaban J connectivity index is 2.26. The van der Waals surface area contributed by atoms with Gasteiger partial charge < -0.3 is 5.73 Å². The summed E-state index contributed by atoms with van der Waals surface area (Å²) in [6.45, 7) is 4.15. The van der Waals surface area contributed by atoms with Crippen LogP contribution in [0, 0.1) is 17.7 Å². The molecule has 1 aliphatic rings. The van der Waals surface area contributed by atoms with E-state index in [1.807, 2.05) is 6.92 Å². The van der Waals surface area contributed by atoms with E-state index < -0.39 is 20.7 Å². The van der Waals surface area contributed by atoms with Crippen LogP contribution in [0.3, 0.4) is 0 Å². The largest absolute Gasteiger partial charge is 0.398 e. The van der Waals surface area contributed by atoms with Crippen LogP contribution in [0.4, 0.5) is 10.1 Å². The van der Waals surface area contributed by atoms with Gasteiger partial charge in [-0.15, -0.1) is 0 Å². The smallest absolute Gasteiger partial charge is 0.243 e. The van der Waals surface area contributed by atoms with E-state index in [-0.39, 0.29) is 17.6 Å². The standard InChI is InChI=1S/C14H20BrFN2O2S/c1-3-9-4-5-13(8(9)2)18-21(19,20)14-7-12(17)10(15)6-11(14)16/h6-9,13,18H,3-5,17H2,1-2H3. The van der Waals surface area contributed by atoms with E-state index in [0.29, 0.717) is 10.4 Å². The lowest BCUT2D eigenvalue weighted by atomic mass is 9.94. The van der Waals surface area contributed by atoms with E-state index >= 15 is 0 Å². The third-order valence-corrected chi connectivity index (χ3v) is 6.59. The number of halogens is 2. The minimum absolute atomic E-state index is 0.149. The molecule has 1 aromatic carbocycles. The van der Waals surface area contributed by atoms with Crippen molar-refractivity contribution in [2.24, 2.45) is 11.8 Å². The summed E-state index contributed by atoms with van der Waals surface area (Å²) in [5.41, 5.74) is 5.86. The van der Waals surface area contributed by atoms with Crippen LogP contribution < -0.4 is 10.5 Å². The molecule has 1 fully saturated rings. The van der Waals surface area contributed by atoms with Crippen LogP contribution in [0.15, 0.2) is 21.5 Å². The molecule has 0 radical (unpaired) electrons. The van der Waals surface area contributed by atoms with Crippen molar-refractivity contribution in [2.45, 2.75) is 44.0 Å². The summed E-state index contributed by atoms with van der Waals surface area (Å²) in [6, 6.07) is 2.08. The van der Waals surface area contributed by atoms with Gasteiger partial charge in [-0.25, -0.2) is 17.5 Å². The highest BCUT2D eigenvalue weighted by atomic mass is 79.9. The quantitative estimate of drug-likeness (QED) is 0.789. The highest BCUT2D eigenvalue weighted by Crippen LogP contribution is 2.35. The maximum atomic E-state index is 13.9. The Labute approximate surface area is 133 Å². The Kier molecular flexibility index (Phi) is 4.95. The van der Waals surface area contributed by atoms with E-state index in [2.05, 4.69) is 27.6 Å². The van der Waals surface area contributed by atoms with E-state index in [1.54, 1.807) is 0 Å². The molecule has 3 unspecified atom stereocenters. The summed E-state index contributed by atoms with van der Waals surface area (Å²) in [7, 11) is -3.90. The number of nitrogen functional groups attached to an aromatic ring is 1. The Morgan fingerprint density at radius 3 is 2.67 bits per heavy atom. The Hall–Kier alpha value is -0.660. The van der Waals surface area contributed by atoms with Gasteiger partial charge in [0.25, 0.3) is 0 Å². The molecule has 0 aromatic heterocycles. The van der Waals surface area contributed by atoms with Gasteiger partial charge in [-0.05, 0) is 52.7 Å². The van der Waals surface area contributed by atoms with Crippen LogP contribution in [0.5, 0.6) is 0 Å². The van der Waals surface area contributed by atoms with E-state index in [0.717, 1.165) is 31.4 Å². The molecular formula is C14H20BrFN2O2S. The zero-order valence-electron chi connectivity index (χ0n) is 12.1. The van der Waals surface area contributed by atoms with Crippen molar-refractivity contribution in [1.82, 2.24) is 4.72 Å². The molecule has 0 aliphatic heterocycles. The summed E-state index contributed by atoms with van der Waals surface area (Å²) in [5, 5.41) is 0. The van der Waals surface area contributed by atoms with Crippen molar-refractivity contribution in [3.63, 3.8) is 0 Å². The Morgan fingerprint density at radius 1 is 1.43 bits per heavy atom. The summed E-state index contributed by atoms with van der Waals surface area (Å²) >= 11 is 3.08. The highest BCUT2D eigenvalue weighted by molar-refractivity contribution is 9.10. The average molecular weight is 379 g/mol. The molecule has 2 rings (SSSR count). The minimum atomic E-state index is -3.90. The topological polar surface area (TPSA) is 72.2 Å². The van der Waals surface area contributed by atoms with E-state index in [9.17, 15) is 12.8 Å². The molecule has 1 aromatic rings. The first kappa shape index (κ1) is 16.7. The summed E-state index contributed by atoms with van der Waals surface area (Å²) < 4.78 is 41.7. The van der Waals surface area contributed by atoms with Gasteiger partial charge in [-0.2, -0.15) is 0 Å². The zero-order valence-corrected chi connectivity index (χ0v) is 14.5. The van der Waals surface area contributed by atoms with Crippen molar-refractivity contribution in [3.8, 4) is 0 Å². The number of sulfonamides is 1. The van der Waals surface area contributed by atoms with Crippen molar-refractivity contribution in [1.29, 1.82) is 0 Å². The van der Waals surface area contributed by atoms with Crippen LogP contribution in [0.1, 0.15) is 33.1 Å². The first-order valence-electron chi connectivity index (χ1n) is 7.03. The zero-order chi connectivity index (χ0) is 15.8. The van der Waals surface area contributed by atoms with Gasteiger partial charge in [0.15, 0.2) is 0 Å². The van der Waals surface area contributed by atoms with Crippen molar-refractivity contribution >= 4 is 31.6 Å². The molecule has 0 saturated heterocycles. The molecule has 3 atom stereocenters. The third kappa shape index (κ3) is 3.40. The monoisotopic (exact) mass is 378 g/mol. The van der Waals surface area contributed by atoms with Gasteiger partial charge in [-0.1, -0.05) is 20.3 Å². The maximum absolute atomic E-state index is 13.9. The van der Waals surface area contributed by atoms with Gasteiger partial charge in [0.1, 0.15) is 10.7 Å². The molecule has 1 aliphatic carbocycles. The number of hydrogen-bond acceptors (Lipinski definition) is 3. The first-order valence-corrected chi connectivity index (χ1v) is 9.30. The lowest BCUT2D eigenvalue weighted by Crippen LogP contribution is -2.37. The number of hydrogen-bond donors (Lipinski definition) is 2. The average Bonchev–Trinajstić information content (AvgIpc) is 2.74. The van der Waals surface area contributed by atoms with Crippen molar-refractivity contribution in [3.05, 3.63) is 22.4 Å². The van der Waals surface area contributed by atoms with Crippen LogP contribution in [0.2, 0.25) is 0 Å². The molecule has 0 spiro atoms. The molecule has 7 heteroatoms. The van der Waals surface area contributed by atoms with Crippen LogP contribution in [0.25, 0.3) is 0 Å². The number of nitrogens with one attached hydrogen (secondary N) is 1. The Morgan fingerprint density at radius 2 is 2.10 bits per heavy atom. The molecule has 118 valence electrons. The molecule has 0 bridgehead atoms. The molecular weight excluding hydrogens is 359 g/mol. The summed E-state index contributed by atoms with van der Waals surface area (Å²) in [5.74, 6) is -0.0422. The second-order valence-corrected chi connectivity index (χ2v) is 8.17. The highest BCUT2D eigenvalue weighted by Gasteiger charge is 2.35. The lowest BCUT2D eigenvalue weighted by Gasteiger charge is -2.21. The predicted molar refractivity (Wildman–Crippen MR) is 84.8 cm³/mol. The number of rotatable bonds is 4. The van der Waals surface area contributed by atoms with Crippen LogP contribution in [-0.4, -0.2) is 14.5 Å². The molecule has 0 heterocycles.